The average Bonchev–Trinajstić information content (AvgIpc) is 2.55. The molecule has 4 N–H and O–H groups in total. The SMILES string of the molecule is CNC(=O)CC(N)(O)Cc1ccc(OCc2ccc(Cl)cc2)cc1. The van der Waals surface area contributed by atoms with Crippen molar-refractivity contribution in [2.45, 2.75) is 25.2 Å². The number of rotatable bonds is 7. The van der Waals surface area contributed by atoms with Crippen LogP contribution in [0.2, 0.25) is 5.02 Å². The number of carbonyl (C=O) groups is 1. The molecule has 2 rings (SSSR count). The highest BCUT2D eigenvalue weighted by molar-refractivity contribution is 6.30. The minimum atomic E-state index is -1.58. The fraction of sp³-hybridized carbons (Fsp3) is 0.278. The monoisotopic (exact) mass is 348 g/mol. The van der Waals surface area contributed by atoms with Crippen LogP contribution in [0.4, 0.5) is 0 Å². The van der Waals surface area contributed by atoms with Crippen molar-refractivity contribution in [1.82, 2.24) is 5.32 Å². The van der Waals surface area contributed by atoms with Crippen LogP contribution in [0, 0.1) is 0 Å². The first kappa shape index (κ1) is 18.3. The molecule has 0 fully saturated rings. The number of hydrogen-bond donors (Lipinski definition) is 3. The molecular formula is C18H21ClN2O3. The van der Waals surface area contributed by atoms with Gasteiger partial charge in [0.05, 0.1) is 6.42 Å². The third kappa shape index (κ3) is 5.85. The molecule has 24 heavy (non-hydrogen) atoms. The molecule has 0 radical (unpaired) electrons. The Hall–Kier alpha value is -2.08. The standard InChI is InChI=1S/C18H21ClN2O3/c1-21-17(22)11-18(20,23)10-13-4-8-16(9-5-13)24-12-14-2-6-15(19)7-3-14/h2-9,23H,10-12,20H2,1H3,(H,21,22). The Morgan fingerprint density at radius 3 is 2.33 bits per heavy atom. The highest BCUT2D eigenvalue weighted by atomic mass is 35.5. The van der Waals surface area contributed by atoms with Gasteiger partial charge in [0.15, 0.2) is 0 Å². The number of nitrogens with one attached hydrogen (secondary N) is 1. The average molecular weight is 349 g/mol. The minimum Gasteiger partial charge on any atom is -0.489 e. The summed E-state index contributed by atoms with van der Waals surface area (Å²) >= 11 is 5.84. The number of carbonyl (C=O) groups excluding carboxylic acids is 1. The second kappa shape index (κ2) is 8.15. The molecule has 0 aliphatic rings. The molecule has 2 aromatic carbocycles. The molecule has 2 aromatic rings. The molecule has 0 aromatic heterocycles. The van der Waals surface area contributed by atoms with E-state index in [9.17, 15) is 9.90 Å². The lowest BCUT2D eigenvalue weighted by atomic mass is 10.00. The lowest BCUT2D eigenvalue weighted by Crippen LogP contribution is -2.45. The maximum Gasteiger partial charge on any atom is 0.224 e. The topological polar surface area (TPSA) is 84.6 Å². The number of ether oxygens (including phenoxy) is 1. The van der Waals surface area contributed by atoms with Gasteiger partial charge in [-0.1, -0.05) is 35.9 Å². The molecule has 0 bridgehead atoms. The molecule has 0 spiro atoms. The largest absolute Gasteiger partial charge is 0.489 e. The van der Waals surface area contributed by atoms with Crippen molar-refractivity contribution in [1.29, 1.82) is 0 Å². The summed E-state index contributed by atoms with van der Waals surface area (Å²) in [6, 6.07) is 14.7. The molecule has 128 valence electrons. The van der Waals surface area contributed by atoms with Gasteiger partial charge in [-0.3, -0.25) is 4.79 Å². The number of hydrogen-bond acceptors (Lipinski definition) is 4. The first-order chi connectivity index (χ1) is 11.4. The molecule has 1 atom stereocenters. The van der Waals surface area contributed by atoms with Crippen molar-refractivity contribution >= 4 is 17.5 Å². The number of amides is 1. The summed E-state index contributed by atoms with van der Waals surface area (Å²) in [7, 11) is 1.51. The number of benzene rings is 2. The van der Waals surface area contributed by atoms with E-state index in [1.807, 2.05) is 36.4 Å². The van der Waals surface area contributed by atoms with E-state index in [2.05, 4.69) is 5.32 Å². The smallest absolute Gasteiger partial charge is 0.224 e. The highest BCUT2D eigenvalue weighted by Gasteiger charge is 2.24. The Morgan fingerprint density at radius 1 is 1.17 bits per heavy atom. The first-order valence-electron chi connectivity index (χ1n) is 7.56. The summed E-state index contributed by atoms with van der Waals surface area (Å²) in [4.78, 5) is 11.3. The van der Waals surface area contributed by atoms with E-state index in [-0.39, 0.29) is 18.7 Å². The minimum absolute atomic E-state index is 0.154. The van der Waals surface area contributed by atoms with Crippen molar-refractivity contribution in [3.05, 3.63) is 64.7 Å². The van der Waals surface area contributed by atoms with Gasteiger partial charge in [-0.25, -0.2) is 0 Å². The summed E-state index contributed by atoms with van der Waals surface area (Å²) < 4.78 is 5.70. The zero-order valence-corrected chi connectivity index (χ0v) is 14.2. The second-order valence-electron chi connectivity index (χ2n) is 5.69. The van der Waals surface area contributed by atoms with Gasteiger partial charge in [0.2, 0.25) is 5.91 Å². The summed E-state index contributed by atoms with van der Waals surface area (Å²) in [5, 5.41) is 13.2. The van der Waals surface area contributed by atoms with Gasteiger partial charge in [0, 0.05) is 18.5 Å². The Labute approximate surface area is 146 Å². The van der Waals surface area contributed by atoms with E-state index in [1.165, 1.54) is 7.05 Å². The van der Waals surface area contributed by atoms with Crippen molar-refractivity contribution in [2.24, 2.45) is 5.73 Å². The predicted octanol–water partition coefficient (Wildman–Crippen LogP) is 2.24. The van der Waals surface area contributed by atoms with E-state index >= 15 is 0 Å². The maximum absolute atomic E-state index is 11.3. The maximum atomic E-state index is 11.3. The van der Waals surface area contributed by atoms with Crippen LogP contribution in [0.25, 0.3) is 0 Å². The van der Waals surface area contributed by atoms with Gasteiger partial charge in [-0.05, 0) is 35.4 Å². The Kier molecular flexibility index (Phi) is 6.20. The predicted molar refractivity (Wildman–Crippen MR) is 93.8 cm³/mol. The van der Waals surface area contributed by atoms with Gasteiger partial charge in [0.25, 0.3) is 0 Å². The van der Waals surface area contributed by atoms with Crippen LogP contribution in [0.3, 0.4) is 0 Å². The van der Waals surface area contributed by atoms with Crippen molar-refractivity contribution in [3.8, 4) is 5.75 Å². The number of aliphatic hydroxyl groups is 1. The van der Waals surface area contributed by atoms with Crippen molar-refractivity contribution < 1.29 is 14.6 Å². The first-order valence-corrected chi connectivity index (χ1v) is 7.94. The summed E-state index contributed by atoms with van der Waals surface area (Å²) in [6.07, 6.45) is 0.0240. The molecule has 5 nitrogen and oxygen atoms in total. The van der Waals surface area contributed by atoms with Crippen molar-refractivity contribution in [2.75, 3.05) is 7.05 Å². The molecule has 0 heterocycles. The zero-order chi connectivity index (χ0) is 17.6. The van der Waals surface area contributed by atoms with E-state index < -0.39 is 5.72 Å². The summed E-state index contributed by atoms with van der Waals surface area (Å²) in [5.41, 5.74) is 6.03. The van der Waals surface area contributed by atoms with E-state index in [0.29, 0.717) is 17.4 Å². The van der Waals surface area contributed by atoms with Crippen LogP contribution in [0.15, 0.2) is 48.5 Å². The van der Waals surface area contributed by atoms with E-state index in [1.54, 1.807) is 12.1 Å². The third-order valence-electron chi connectivity index (χ3n) is 3.50. The number of halogens is 1. The molecule has 1 unspecified atom stereocenters. The van der Waals surface area contributed by atoms with Crippen LogP contribution in [-0.2, 0) is 17.8 Å². The molecule has 0 aliphatic carbocycles. The van der Waals surface area contributed by atoms with Gasteiger partial charge < -0.3 is 20.9 Å². The van der Waals surface area contributed by atoms with Crippen LogP contribution in [0.1, 0.15) is 17.5 Å². The Balaban J connectivity index is 1.90. The molecular weight excluding hydrogens is 328 g/mol. The zero-order valence-electron chi connectivity index (χ0n) is 13.5. The van der Waals surface area contributed by atoms with Gasteiger partial charge in [-0.2, -0.15) is 0 Å². The lowest BCUT2D eigenvalue weighted by Gasteiger charge is -2.22. The quantitative estimate of drug-likeness (QED) is 0.670. The number of nitrogens with two attached hydrogens (primary N) is 1. The second-order valence-corrected chi connectivity index (χ2v) is 6.13. The van der Waals surface area contributed by atoms with Crippen LogP contribution >= 0.6 is 11.6 Å². The highest BCUT2D eigenvalue weighted by Crippen LogP contribution is 2.18. The lowest BCUT2D eigenvalue weighted by molar-refractivity contribution is -0.125. The van der Waals surface area contributed by atoms with E-state index in [4.69, 9.17) is 22.1 Å². The van der Waals surface area contributed by atoms with Gasteiger partial charge in [0.1, 0.15) is 18.1 Å². The normalized spacial score (nSPS) is 13.2. The molecule has 6 heteroatoms. The Morgan fingerprint density at radius 2 is 1.75 bits per heavy atom. The van der Waals surface area contributed by atoms with Crippen molar-refractivity contribution in [3.63, 3.8) is 0 Å². The molecule has 0 saturated carbocycles. The molecule has 0 saturated heterocycles. The fourth-order valence-electron chi connectivity index (χ4n) is 2.23. The third-order valence-corrected chi connectivity index (χ3v) is 3.75. The van der Waals surface area contributed by atoms with Crippen LogP contribution < -0.4 is 15.8 Å². The van der Waals surface area contributed by atoms with E-state index in [0.717, 1.165) is 11.1 Å². The molecule has 1 amide bonds. The van der Waals surface area contributed by atoms with Crippen LogP contribution in [0.5, 0.6) is 5.75 Å². The van der Waals surface area contributed by atoms with Gasteiger partial charge in [-0.15, -0.1) is 0 Å². The van der Waals surface area contributed by atoms with Gasteiger partial charge >= 0.3 is 0 Å². The fourth-order valence-corrected chi connectivity index (χ4v) is 2.36. The summed E-state index contributed by atoms with van der Waals surface area (Å²) in [6.45, 7) is 0.439. The van der Waals surface area contributed by atoms with Crippen LogP contribution in [-0.4, -0.2) is 23.8 Å². The summed E-state index contributed by atoms with van der Waals surface area (Å²) in [5.74, 6) is 0.406. The molecule has 0 aliphatic heterocycles. The Bertz CT molecular complexity index is 670.